The minimum absolute atomic E-state index is 0.267. The van der Waals surface area contributed by atoms with Gasteiger partial charge in [-0.2, -0.15) is 5.10 Å². The van der Waals surface area contributed by atoms with E-state index in [1.807, 2.05) is 35.0 Å². The number of phenolic OH excluding ortho intramolecular Hbond substituents is 1. The molecule has 4 aromatic rings. The Labute approximate surface area is 140 Å². The summed E-state index contributed by atoms with van der Waals surface area (Å²) in [7, 11) is 0. The molecule has 0 radical (unpaired) electrons. The monoisotopic (exact) mass is 314 g/mol. The molecular weight excluding hydrogens is 296 g/mol. The normalized spacial score (nSPS) is 11.0. The number of aromatic nitrogens is 2. The Morgan fingerprint density at radius 2 is 1.67 bits per heavy atom. The highest BCUT2D eigenvalue weighted by Gasteiger charge is 2.13. The fourth-order valence-corrected chi connectivity index (χ4v) is 3.00. The molecule has 0 amide bonds. The van der Waals surface area contributed by atoms with Crippen molar-refractivity contribution in [2.45, 2.75) is 13.5 Å². The van der Waals surface area contributed by atoms with E-state index < -0.39 is 0 Å². The molecule has 0 fully saturated rings. The van der Waals surface area contributed by atoms with Crippen molar-refractivity contribution in [3.8, 4) is 17.0 Å². The minimum Gasteiger partial charge on any atom is -0.508 e. The number of aryl methyl sites for hydroxylation is 1. The molecule has 0 atom stereocenters. The zero-order valence-corrected chi connectivity index (χ0v) is 13.5. The standard InChI is InChI=1S/C21H18N2O/c1-15-7-12-20-19(13-15)21(17-8-10-18(24)11-9-17)22-23(20)14-16-5-3-2-4-6-16/h2-13,24H,14H2,1H3. The first-order valence-corrected chi connectivity index (χ1v) is 8.01. The van der Waals surface area contributed by atoms with E-state index in [-0.39, 0.29) is 5.75 Å². The van der Waals surface area contributed by atoms with Crippen LogP contribution < -0.4 is 0 Å². The van der Waals surface area contributed by atoms with E-state index in [9.17, 15) is 5.11 Å². The second-order valence-electron chi connectivity index (χ2n) is 6.06. The molecule has 1 aromatic heterocycles. The Hall–Kier alpha value is -3.07. The molecule has 0 bridgehead atoms. The molecule has 3 aromatic carbocycles. The lowest BCUT2D eigenvalue weighted by molar-refractivity contribution is 0.475. The molecule has 1 heterocycles. The third-order valence-corrected chi connectivity index (χ3v) is 4.22. The Kier molecular flexibility index (Phi) is 3.54. The molecule has 3 heteroatoms. The topological polar surface area (TPSA) is 38.1 Å². The number of rotatable bonds is 3. The van der Waals surface area contributed by atoms with Gasteiger partial charge in [-0.05, 0) is 48.9 Å². The van der Waals surface area contributed by atoms with E-state index in [1.165, 1.54) is 11.1 Å². The highest BCUT2D eigenvalue weighted by Crippen LogP contribution is 2.30. The van der Waals surface area contributed by atoms with Gasteiger partial charge in [0.2, 0.25) is 0 Å². The van der Waals surface area contributed by atoms with Crippen molar-refractivity contribution in [2.75, 3.05) is 0 Å². The highest BCUT2D eigenvalue weighted by atomic mass is 16.3. The number of hydrogen-bond donors (Lipinski definition) is 1. The van der Waals surface area contributed by atoms with Crippen LogP contribution in [0.25, 0.3) is 22.2 Å². The summed E-state index contributed by atoms with van der Waals surface area (Å²) in [5.74, 6) is 0.267. The number of aromatic hydroxyl groups is 1. The van der Waals surface area contributed by atoms with Gasteiger partial charge in [0.05, 0.1) is 12.1 Å². The Bertz CT molecular complexity index is 986. The first-order chi connectivity index (χ1) is 11.7. The Morgan fingerprint density at radius 3 is 2.42 bits per heavy atom. The van der Waals surface area contributed by atoms with Crippen LogP contribution in [0.1, 0.15) is 11.1 Å². The van der Waals surface area contributed by atoms with Gasteiger partial charge in [-0.1, -0.05) is 42.0 Å². The van der Waals surface area contributed by atoms with E-state index >= 15 is 0 Å². The van der Waals surface area contributed by atoms with Crippen molar-refractivity contribution in [2.24, 2.45) is 0 Å². The van der Waals surface area contributed by atoms with Crippen LogP contribution in [0, 0.1) is 6.92 Å². The molecule has 24 heavy (non-hydrogen) atoms. The third kappa shape index (κ3) is 2.65. The molecule has 0 aliphatic rings. The number of hydrogen-bond acceptors (Lipinski definition) is 2. The second kappa shape index (κ2) is 5.85. The molecule has 0 saturated carbocycles. The van der Waals surface area contributed by atoms with Crippen LogP contribution in [-0.4, -0.2) is 14.9 Å². The van der Waals surface area contributed by atoms with Crippen molar-refractivity contribution in [1.82, 2.24) is 9.78 Å². The average molecular weight is 314 g/mol. The van der Waals surface area contributed by atoms with Gasteiger partial charge < -0.3 is 5.11 Å². The number of phenols is 1. The summed E-state index contributed by atoms with van der Waals surface area (Å²) in [6, 6.07) is 24.0. The van der Waals surface area contributed by atoms with E-state index in [1.54, 1.807) is 12.1 Å². The van der Waals surface area contributed by atoms with Crippen molar-refractivity contribution < 1.29 is 5.11 Å². The molecule has 0 aliphatic carbocycles. The van der Waals surface area contributed by atoms with Crippen LogP contribution in [0.15, 0.2) is 72.8 Å². The maximum absolute atomic E-state index is 9.54. The summed E-state index contributed by atoms with van der Waals surface area (Å²) >= 11 is 0. The first-order valence-electron chi connectivity index (χ1n) is 8.01. The van der Waals surface area contributed by atoms with Crippen molar-refractivity contribution in [3.63, 3.8) is 0 Å². The maximum atomic E-state index is 9.54. The molecule has 0 unspecified atom stereocenters. The molecule has 4 rings (SSSR count). The molecule has 0 saturated heterocycles. The number of benzene rings is 3. The summed E-state index contributed by atoms with van der Waals surface area (Å²) in [5, 5.41) is 15.5. The summed E-state index contributed by atoms with van der Waals surface area (Å²) in [6.45, 7) is 2.83. The van der Waals surface area contributed by atoms with Crippen molar-refractivity contribution in [3.05, 3.63) is 83.9 Å². The van der Waals surface area contributed by atoms with Gasteiger partial charge in [0, 0.05) is 10.9 Å². The fraction of sp³-hybridized carbons (Fsp3) is 0.0952. The lowest BCUT2D eigenvalue weighted by Gasteiger charge is -2.03. The van der Waals surface area contributed by atoms with E-state index in [0.717, 1.165) is 28.7 Å². The maximum Gasteiger partial charge on any atom is 0.115 e. The molecular formula is C21H18N2O. The van der Waals surface area contributed by atoms with Crippen LogP contribution in [0.4, 0.5) is 0 Å². The zero-order chi connectivity index (χ0) is 16.5. The summed E-state index contributed by atoms with van der Waals surface area (Å²) in [6.07, 6.45) is 0. The Morgan fingerprint density at radius 1 is 0.917 bits per heavy atom. The van der Waals surface area contributed by atoms with E-state index in [0.29, 0.717) is 0 Å². The average Bonchev–Trinajstić information content (AvgIpc) is 2.94. The van der Waals surface area contributed by atoms with Gasteiger partial charge in [-0.15, -0.1) is 0 Å². The van der Waals surface area contributed by atoms with Gasteiger partial charge in [0.1, 0.15) is 11.4 Å². The Balaban J connectivity index is 1.87. The minimum atomic E-state index is 0.267. The van der Waals surface area contributed by atoms with Gasteiger partial charge in [-0.25, -0.2) is 0 Å². The van der Waals surface area contributed by atoms with E-state index in [2.05, 4.69) is 37.3 Å². The van der Waals surface area contributed by atoms with E-state index in [4.69, 9.17) is 5.10 Å². The van der Waals surface area contributed by atoms with Crippen molar-refractivity contribution >= 4 is 10.9 Å². The van der Waals surface area contributed by atoms with Crippen LogP contribution in [0.3, 0.4) is 0 Å². The first kappa shape index (κ1) is 14.5. The lowest BCUT2D eigenvalue weighted by Crippen LogP contribution is -2.01. The zero-order valence-electron chi connectivity index (χ0n) is 13.5. The molecule has 3 nitrogen and oxygen atoms in total. The molecule has 0 aliphatic heterocycles. The largest absolute Gasteiger partial charge is 0.508 e. The second-order valence-corrected chi connectivity index (χ2v) is 6.06. The molecule has 118 valence electrons. The SMILES string of the molecule is Cc1ccc2c(c1)c(-c1ccc(O)cc1)nn2Cc1ccccc1. The van der Waals surface area contributed by atoms with Gasteiger partial charge >= 0.3 is 0 Å². The van der Waals surface area contributed by atoms with Crippen LogP contribution >= 0.6 is 0 Å². The highest BCUT2D eigenvalue weighted by molar-refractivity contribution is 5.93. The number of nitrogens with zero attached hydrogens (tertiary/aromatic N) is 2. The summed E-state index contributed by atoms with van der Waals surface area (Å²) < 4.78 is 2.05. The molecule has 0 spiro atoms. The summed E-state index contributed by atoms with van der Waals surface area (Å²) in [5.41, 5.74) is 5.51. The van der Waals surface area contributed by atoms with Crippen LogP contribution in [0.5, 0.6) is 5.75 Å². The predicted octanol–water partition coefficient (Wildman–Crippen LogP) is 4.77. The van der Waals surface area contributed by atoms with Crippen LogP contribution in [0.2, 0.25) is 0 Å². The van der Waals surface area contributed by atoms with Gasteiger partial charge in [0.15, 0.2) is 0 Å². The van der Waals surface area contributed by atoms with Gasteiger partial charge in [0.25, 0.3) is 0 Å². The third-order valence-electron chi connectivity index (χ3n) is 4.22. The number of fused-ring (bicyclic) bond motifs is 1. The smallest absolute Gasteiger partial charge is 0.115 e. The predicted molar refractivity (Wildman–Crippen MR) is 97.1 cm³/mol. The lowest BCUT2D eigenvalue weighted by atomic mass is 10.1. The fourth-order valence-electron chi connectivity index (χ4n) is 3.00. The van der Waals surface area contributed by atoms with Crippen molar-refractivity contribution in [1.29, 1.82) is 0 Å². The summed E-state index contributed by atoms with van der Waals surface area (Å²) in [4.78, 5) is 0. The van der Waals surface area contributed by atoms with Gasteiger partial charge in [-0.3, -0.25) is 4.68 Å². The molecule has 1 N–H and O–H groups in total. The quantitative estimate of drug-likeness (QED) is 0.592. The van der Waals surface area contributed by atoms with Crippen LogP contribution in [-0.2, 0) is 6.54 Å².